The molecule has 18 heavy (non-hydrogen) atoms. The number of rotatable bonds is 5. The highest BCUT2D eigenvalue weighted by molar-refractivity contribution is 5.69. The lowest BCUT2D eigenvalue weighted by Crippen LogP contribution is -2.38. The second-order valence-electron chi connectivity index (χ2n) is 7.05. The maximum atomic E-state index is 11.9. The van der Waals surface area contributed by atoms with Gasteiger partial charge in [-0.05, 0) is 37.0 Å². The fraction of sp³-hybridized carbons (Fsp3) is 0.938. The van der Waals surface area contributed by atoms with E-state index >= 15 is 0 Å². The molecule has 2 rings (SSSR count). The third-order valence-electron chi connectivity index (χ3n) is 5.97. The zero-order chi connectivity index (χ0) is 13.4. The Morgan fingerprint density at radius 2 is 2.00 bits per heavy atom. The molecule has 104 valence electrons. The lowest BCUT2D eigenvalue weighted by Gasteiger charge is -2.38. The first-order valence-electron chi connectivity index (χ1n) is 7.61. The summed E-state index contributed by atoms with van der Waals surface area (Å²) in [5, 5.41) is 0. The summed E-state index contributed by atoms with van der Waals surface area (Å²) in [5.74, 6) is 0.772. The standard InChI is InChI=1S/C16H28O2/c1-5-6-7-8-14(17)18-13-11-12-9-10-16(13,4)15(12,2)3/h12-13H,5-11H2,1-4H3/t12-,13+,16-/m1/s1. The van der Waals surface area contributed by atoms with E-state index in [1.54, 1.807) is 0 Å². The third-order valence-corrected chi connectivity index (χ3v) is 5.97. The van der Waals surface area contributed by atoms with Gasteiger partial charge in [-0.15, -0.1) is 0 Å². The molecular weight excluding hydrogens is 224 g/mol. The Labute approximate surface area is 111 Å². The van der Waals surface area contributed by atoms with Gasteiger partial charge in [0.05, 0.1) is 0 Å². The van der Waals surface area contributed by atoms with Crippen LogP contribution in [-0.2, 0) is 9.53 Å². The first kappa shape index (κ1) is 13.9. The average Bonchev–Trinajstić information content (AvgIpc) is 2.62. The third kappa shape index (κ3) is 2.08. The van der Waals surface area contributed by atoms with Crippen LogP contribution < -0.4 is 0 Å². The van der Waals surface area contributed by atoms with E-state index in [1.165, 1.54) is 12.8 Å². The molecular formula is C16H28O2. The van der Waals surface area contributed by atoms with Gasteiger partial charge >= 0.3 is 5.97 Å². The molecule has 2 aliphatic rings. The molecule has 0 amide bonds. The molecule has 0 heterocycles. The van der Waals surface area contributed by atoms with Crippen molar-refractivity contribution in [1.82, 2.24) is 0 Å². The largest absolute Gasteiger partial charge is 0.462 e. The van der Waals surface area contributed by atoms with Gasteiger partial charge in [-0.2, -0.15) is 0 Å². The summed E-state index contributed by atoms with van der Waals surface area (Å²) in [6.07, 6.45) is 7.65. The summed E-state index contributed by atoms with van der Waals surface area (Å²) in [6.45, 7) is 9.19. The van der Waals surface area contributed by atoms with Crippen molar-refractivity contribution in [3.63, 3.8) is 0 Å². The minimum Gasteiger partial charge on any atom is -0.462 e. The fourth-order valence-corrected chi connectivity index (χ4v) is 4.05. The summed E-state index contributed by atoms with van der Waals surface area (Å²) in [6, 6.07) is 0. The van der Waals surface area contributed by atoms with Crippen molar-refractivity contribution in [2.75, 3.05) is 0 Å². The highest BCUT2D eigenvalue weighted by Gasteiger charge is 2.62. The molecule has 0 spiro atoms. The molecule has 2 fully saturated rings. The molecule has 0 N–H and O–H groups in total. The van der Waals surface area contributed by atoms with Gasteiger partial charge < -0.3 is 4.74 Å². The topological polar surface area (TPSA) is 26.3 Å². The predicted octanol–water partition coefficient (Wildman–Crippen LogP) is 4.32. The molecule has 2 bridgehead atoms. The van der Waals surface area contributed by atoms with Crippen LogP contribution in [0, 0.1) is 16.7 Å². The zero-order valence-electron chi connectivity index (χ0n) is 12.4. The van der Waals surface area contributed by atoms with E-state index in [1.807, 2.05) is 0 Å². The van der Waals surface area contributed by atoms with Gasteiger partial charge in [0, 0.05) is 11.8 Å². The Bertz CT molecular complexity index is 321. The number of carbonyl (C=O) groups excluding carboxylic acids is 1. The average molecular weight is 252 g/mol. The summed E-state index contributed by atoms with van der Waals surface area (Å²) >= 11 is 0. The Morgan fingerprint density at radius 3 is 2.50 bits per heavy atom. The summed E-state index contributed by atoms with van der Waals surface area (Å²) in [4.78, 5) is 11.9. The Hall–Kier alpha value is -0.530. The van der Waals surface area contributed by atoms with E-state index in [0.717, 1.165) is 31.6 Å². The molecule has 0 radical (unpaired) electrons. The van der Waals surface area contributed by atoms with Crippen LogP contribution in [0.4, 0.5) is 0 Å². The molecule has 0 saturated heterocycles. The lowest BCUT2D eigenvalue weighted by atomic mass is 9.70. The molecule has 0 unspecified atom stereocenters. The minimum absolute atomic E-state index is 0.0259. The zero-order valence-corrected chi connectivity index (χ0v) is 12.4. The van der Waals surface area contributed by atoms with Gasteiger partial charge in [0.1, 0.15) is 6.10 Å². The van der Waals surface area contributed by atoms with Gasteiger partial charge in [0.15, 0.2) is 0 Å². The van der Waals surface area contributed by atoms with Crippen molar-refractivity contribution >= 4 is 5.97 Å². The monoisotopic (exact) mass is 252 g/mol. The van der Waals surface area contributed by atoms with Crippen LogP contribution in [-0.4, -0.2) is 12.1 Å². The van der Waals surface area contributed by atoms with Gasteiger partial charge in [-0.3, -0.25) is 4.79 Å². The molecule has 0 aromatic rings. The Morgan fingerprint density at radius 1 is 1.28 bits per heavy atom. The highest BCUT2D eigenvalue weighted by Crippen LogP contribution is 2.66. The van der Waals surface area contributed by atoms with Crippen molar-refractivity contribution in [2.45, 2.75) is 78.7 Å². The molecule has 2 nitrogen and oxygen atoms in total. The number of hydrogen-bond donors (Lipinski definition) is 0. The Kier molecular flexibility index (Phi) is 3.75. The van der Waals surface area contributed by atoms with Crippen LogP contribution >= 0.6 is 0 Å². The highest BCUT2D eigenvalue weighted by atomic mass is 16.5. The first-order valence-corrected chi connectivity index (χ1v) is 7.61. The maximum absolute atomic E-state index is 11.9. The fourth-order valence-electron chi connectivity index (χ4n) is 4.05. The van der Waals surface area contributed by atoms with E-state index in [-0.39, 0.29) is 17.5 Å². The summed E-state index contributed by atoms with van der Waals surface area (Å²) in [7, 11) is 0. The smallest absolute Gasteiger partial charge is 0.306 e. The molecule has 2 heteroatoms. The number of hydrogen-bond acceptors (Lipinski definition) is 2. The quantitative estimate of drug-likeness (QED) is 0.538. The SMILES string of the molecule is CCCCCC(=O)O[C@H]1C[C@H]2CC[C@@]1(C)C2(C)C. The Balaban J connectivity index is 1.90. The molecule has 3 atom stereocenters. The predicted molar refractivity (Wildman–Crippen MR) is 73.3 cm³/mol. The van der Waals surface area contributed by atoms with Crippen molar-refractivity contribution in [2.24, 2.45) is 16.7 Å². The molecule has 0 aromatic heterocycles. The number of fused-ring (bicyclic) bond motifs is 2. The van der Waals surface area contributed by atoms with Crippen LogP contribution in [0.3, 0.4) is 0 Å². The van der Waals surface area contributed by atoms with E-state index < -0.39 is 0 Å². The molecule has 2 saturated carbocycles. The number of unbranched alkanes of at least 4 members (excludes halogenated alkanes) is 2. The second kappa shape index (κ2) is 4.86. The minimum atomic E-state index is 0.0259. The number of carbonyl (C=O) groups is 1. The van der Waals surface area contributed by atoms with E-state index in [0.29, 0.717) is 11.8 Å². The maximum Gasteiger partial charge on any atom is 0.306 e. The van der Waals surface area contributed by atoms with Crippen molar-refractivity contribution in [3.8, 4) is 0 Å². The van der Waals surface area contributed by atoms with E-state index in [4.69, 9.17) is 4.74 Å². The van der Waals surface area contributed by atoms with Crippen LogP contribution in [0.2, 0.25) is 0 Å². The van der Waals surface area contributed by atoms with Crippen LogP contribution in [0.1, 0.15) is 72.6 Å². The number of esters is 1. The van der Waals surface area contributed by atoms with Crippen molar-refractivity contribution in [3.05, 3.63) is 0 Å². The number of ether oxygens (including phenoxy) is 1. The van der Waals surface area contributed by atoms with E-state index in [9.17, 15) is 4.79 Å². The van der Waals surface area contributed by atoms with Crippen LogP contribution in [0.15, 0.2) is 0 Å². The van der Waals surface area contributed by atoms with Gasteiger partial charge in [0.2, 0.25) is 0 Å². The van der Waals surface area contributed by atoms with Crippen molar-refractivity contribution in [1.29, 1.82) is 0 Å². The molecule has 0 aliphatic heterocycles. The second-order valence-corrected chi connectivity index (χ2v) is 7.05. The van der Waals surface area contributed by atoms with Gasteiger partial charge in [0.25, 0.3) is 0 Å². The van der Waals surface area contributed by atoms with Crippen molar-refractivity contribution < 1.29 is 9.53 Å². The first-order chi connectivity index (χ1) is 8.41. The van der Waals surface area contributed by atoms with Gasteiger partial charge in [-0.1, -0.05) is 40.5 Å². The van der Waals surface area contributed by atoms with E-state index in [2.05, 4.69) is 27.7 Å². The van der Waals surface area contributed by atoms with Gasteiger partial charge in [-0.25, -0.2) is 0 Å². The molecule has 0 aromatic carbocycles. The molecule has 2 aliphatic carbocycles. The lowest BCUT2D eigenvalue weighted by molar-refractivity contribution is -0.157. The van der Waals surface area contributed by atoms with Crippen LogP contribution in [0.25, 0.3) is 0 Å². The summed E-state index contributed by atoms with van der Waals surface area (Å²) < 4.78 is 5.79. The summed E-state index contributed by atoms with van der Waals surface area (Å²) in [5.41, 5.74) is 0.541. The van der Waals surface area contributed by atoms with Crippen LogP contribution in [0.5, 0.6) is 0 Å². The normalized spacial score (nSPS) is 36.9.